The molecule has 4 nitrogen and oxygen atoms in total. The molecule has 4 heteroatoms. The fourth-order valence-electron chi connectivity index (χ4n) is 1.09. The smallest absolute Gasteiger partial charge is 0.130 e. The monoisotopic (exact) mass is 213 g/mol. The summed E-state index contributed by atoms with van der Waals surface area (Å²) in [7, 11) is 0. The van der Waals surface area contributed by atoms with E-state index < -0.39 is 0 Å². The average Bonchev–Trinajstić information content (AvgIpc) is 2.35. The molecular formula is C12H11N3O. The SMILES string of the molecule is N#CC(C#N)=Cc1ccc(OCCN)cc1. The van der Waals surface area contributed by atoms with Crippen LogP contribution in [-0.4, -0.2) is 13.2 Å². The predicted molar refractivity (Wildman–Crippen MR) is 60.2 cm³/mol. The van der Waals surface area contributed by atoms with Crippen molar-refractivity contribution in [3.63, 3.8) is 0 Å². The van der Waals surface area contributed by atoms with Gasteiger partial charge in [0.2, 0.25) is 0 Å². The highest BCUT2D eigenvalue weighted by molar-refractivity contribution is 5.62. The lowest BCUT2D eigenvalue weighted by Gasteiger charge is -2.03. The van der Waals surface area contributed by atoms with Gasteiger partial charge in [0.05, 0.1) is 0 Å². The molecule has 0 aromatic heterocycles. The van der Waals surface area contributed by atoms with Crippen molar-refractivity contribution < 1.29 is 4.74 Å². The van der Waals surface area contributed by atoms with Crippen molar-refractivity contribution in [3.05, 3.63) is 35.4 Å². The van der Waals surface area contributed by atoms with Gasteiger partial charge in [-0.3, -0.25) is 0 Å². The molecule has 0 aliphatic carbocycles. The van der Waals surface area contributed by atoms with E-state index in [-0.39, 0.29) is 5.57 Å². The van der Waals surface area contributed by atoms with E-state index in [1.54, 1.807) is 36.4 Å². The van der Waals surface area contributed by atoms with Crippen LogP contribution < -0.4 is 10.5 Å². The van der Waals surface area contributed by atoms with Gasteiger partial charge < -0.3 is 10.5 Å². The van der Waals surface area contributed by atoms with Crippen LogP contribution in [0.1, 0.15) is 5.56 Å². The second kappa shape index (κ2) is 6.23. The highest BCUT2D eigenvalue weighted by atomic mass is 16.5. The largest absolute Gasteiger partial charge is 0.492 e. The van der Waals surface area contributed by atoms with Crippen LogP contribution in [0, 0.1) is 22.7 Å². The minimum absolute atomic E-state index is 0.0793. The number of nitrogens with zero attached hydrogens (tertiary/aromatic N) is 2. The van der Waals surface area contributed by atoms with E-state index in [4.69, 9.17) is 21.0 Å². The summed E-state index contributed by atoms with van der Waals surface area (Å²) in [4.78, 5) is 0. The van der Waals surface area contributed by atoms with E-state index >= 15 is 0 Å². The van der Waals surface area contributed by atoms with Crippen LogP contribution >= 0.6 is 0 Å². The molecule has 80 valence electrons. The molecule has 2 N–H and O–H groups in total. The Balaban J connectivity index is 2.77. The Morgan fingerprint density at radius 3 is 2.38 bits per heavy atom. The van der Waals surface area contributed by atoms with Gasteiger partial charge in [-0.2, -0.15) is 10.5 Å². The Labute approximate surface area is 94.2 Å². The fraction of sp³-hybridized carbons (Fsp3) is 0.167. The summed E-state index contributed by atoms with van der Waals surface area (Å²) in [5.41, 5.74) is 6.17. The third kappa shape index (κ3) is 3.45. The van der Waals surface area contributed by atoms with Crippen LogP contribution in [0.25, 0.3) is 6.08 Å². The van der Waals surface area contributed by atoms with Crippen molar-refractivity contribution >= 4 is 6.08 Å². The van der Waals surface area contributed by atoms with Gasteiger partial charge in [-0.25, -0.2) is 0 Å². The number of hydrogen-bond donors (Lipinski definition) is 1. The molecule has 16 heavy (non-hydrogen) atoms. The van der Waals surface area contributed by atoms with Crippen molar-refractivity contribution in [2.45, 2.75) is 0 Å². The third-order valence-electron chi connectivity index (χ3n) is 1.82. The summed E-state index contributed by atoms with van der Waals surface area (Å²) in [5.74, 6) is 0.720. The lowest BCUT2D eigenvalue weighted by Crippen LogP contribution is -2.10. The molecule has 0 saturated heterocycles. The molecule has 1 aromatic carbocycles. The lowest BCUT2D eigenvalue weighted by atomic mass is 10.1. The molecule has 0 spiro atoms. The van der Waals surface area contributed by atoms with E-state index in [0.717, 1.165) is 11.3 Å². The van der Waals surface area contributed by atoms with Crippen LogP contribution in [0.2, 0.25) is 0 Å². The highest BCUT2D eigenvalue weighted by Gasteiger charge is 1.95. The Morgan fingerprint density at radius 1 is 1.25 bits per heavy atom. The Morgan fingerprint density at radius 2 is 1.88 bits per heavy atom. The molecule has 1 aromatic rings. The Bertz CT molecular complexity index is 433. The van der Waals surface area contributed by atoms with Crippen molar-refractivity contribution in [1.29, 1.82) is 10.5 Å². The van der Waals surface area contributed by atoms with Gasteiger partial charge in [0.25, 0.3) is 0 Å². The van der Waals surface area contributed by atoms with E-state index in [1.165, 1.54) is 6.08 Å². The van der Waals surface area contributed by atoms with E-state index in [0.29, 0.717) is 13.2 Å². The zero-order chi connectivity index (χ0) is 11.8. The number of nitriles is 2. The maximum atomic E-state index is 8.58. The Kier molecular flexibility index (Phi) is 4.59. The van der Waals surface area contributed by atoms with Gasteiger partial charge in [0.15, 0.2) is 0 Å². The molecule has 0 amide bonds. The second-order valence-electron chi connectivity index (χ2n) is 2.99. The molecular weight excluding hydrogens is 202 g/mol. The van der Waals surface area contributed by atoms with Gasteiger partial charge in [-0.15, -0.1) is 0 Å². The molecule has 0 bridgehead atoms. The quantitative estimate of drug-likeness (QED) is 0.767. The van der Waals surface area contributed by atoms with Gasteiger partial charge in [0.1, 0.15) is 30.1 Å². The highest BCUT2D eigenvalue weighted by Crippen LogP contribution is 2.14. The van der Waals surface area contributed by atoms with Gasteiger partial charge in [-0.1, -0.05) is 12.1 Å². The first-order valence-corrected chi connectivity index (χ1v) is 4.75. The predicted octanol–water partition coefficient (Wildman–Crippen LogP) is 1.45. The van der Waals surface area contributed by atoms with Crippen LogP contribution in [0.5, 0.6) is 5.75 Å². The number of hydrogen-bond acceptors (Lipinski definition) is 4. The fourth-order valence-corrected chi connectivity index (χ4v) is 1.09. The normalized spacial score (nSPS) is 8.69. The number of allylic oxidation sites excluding steroid dienone is 1. The standard InChI is InChI=1S/C12H11N3O/c13-5-6-16-12-3-1-10(2-4-12)7-11(8-14)9-15/h1-4,7H,5-6,13H2. The molecule has 0 atom stereocenters. The van der Waals surface area contributed by atoms with Crippen LogP contribution in [0.15, 0.2) is 29.8 Å². The topological polar surface area (TPSA) is 82.8 Å². The molecule has 1 rings (SSSR count). The maximum absolute atomic E-state index is 8.58. The van der Waals surface area contributed by atoms with Crippen molar-refractivity contribution in [1.82, 2.24) is 0 Å². The summed E-state index contributed by atoms with van der Waals surface area (Å²) in [6.07, 6.45) is 1.52. The Hall–Kier alpha value is -2.30. The zero-order valence-electron chi connectivity index (χ0n) is 8.68. The summed E-state index contributed by atoms with van der Waals surface area (Å²) < 4.78 is 5.29. The summed E-state index contributed by atoms with van der Waals surface area (Å²) in [6, 6.07) is 10.7. The molecule has 0 aliphatic rings. The average molecular weight is 213 g/mol. The first-order valence-electron chi connectivity index (χ1n) is 4.75. The minimum atomic E-state index is 0.0793. The first-order chi connectivity index (χ1) is 7.80. The summed E-state index contributed by atoms with van der Waals surface area (Å²) in [5, 5.41) is 17.2. The van der Waals surface area contributed by atoms with Crippen LogP contribution in [0.4, 0.5) is 0 Å². The van der Waals surface area contributed by atoms with Crippen molar-refractivity contribution in [2.24, 2.45) is 5.73 Å². The summed E-state index contributed by atoms with van der Waals surface area (Å²) >= 11 is 0. The van der Waals surface area contributed by atoms with E-state index in [1.807, 2.05) is 0 Å². The molecule has 0 radical (unpaired) electrons. The number of nitrogens with two attached hydrogens (primary N) is 1. The first kappa shape index (κ1) is 11.8. The molecule has 0 heterocycles. The second-order valence-corrected chi connectivity index (χ2v) is 2.99. The van der Waals surface area contributed by atoms with Gasteiger partial charge >= 0.3 is 0 Å². The molecule has 0 fully saturated rings. The third-order valence-corrected chi connectivity index (χ3v) is 1.82. The van der Waals surface area contributed by atoms with Crippen LogP contribution in [0.3, 0.4) is 0 Å². The molecule has 0 saturated carbocycles. The molecule has 0 unspecified atom stereocenters. The molecule has 0 aliphatic heterocycles. The van der Waals surface area contributed by atoms with Crippen molar-refractivity contribution in [3.8, 4) is 17.9 Å². The summed E-state index contributed by atoms with van der Waals surface area (Å²) in [6.45, 7) is 0.936. The van der Waals surface area contributed by atoms with E-state index in [2.05, 4.69) is 0 Å². The van der Waals surface area contributed by atoms with Gasteiger partial charge in [-0.05, 0) is 23.8 Å². The van der Waals surface area contributed by atoms with E-state index in [9.17, 15) is 0 Å². The van der Waals surface area contributed by atoms with Crippen molar-refractivity contribution in [2.75, 3.05) is 13.2 Å². The number of rotatable bonds is 4. The number of benzene rings is 1. The van der Waals surface area contributed by atoms with Gasteiger partial charge in [0, 0.05) is 6.54 Å². The lowest BCUT2D eigenvalue weighted by molar-refractivity contribution is 0.328. The minimum Gasteiger partial charge on any atom is -0.492 e. The number of ether oxygens (including phenoxy) is 1. The zero-order valence-corrected chi connectivity index (χ0v) is 8.68. The maximum Gasteiger partial charge on any atom is 0.130 e. The van der Waals surface area contributed by atoms with Crippen LogP contribution in [-0.2, 0) is 0 Å².